The van der Waals surface area contributed by atoms with Crippen molar-refractivity contribution >= 4 is 15.7 Å². The summed E-state index contributed by atoms with van der Waals surface area (Å²) in [5.74, 6) is 0. The third kappa shape index (κ3) is 4.27. The van der Waals surface area contributed by atoms with Gasteiger partial charge in [0.05, 0.1) is 10.5 Å². The van der Waals surface area contributed by atoms with Crippen LogP contribution in [0.5, 0.6) is 0 Å². The highest BCUT2D eigenvalue weighted by molar-refractivity contribution is 7.89. The molecule has 0 aliphatic rings. The van der Waals surface area contributed by atoms with E-state index in [1.165, 1.54) is 6.07 Å². The van der Waals surface area contributed by atoms with Crippen LogP contribution < -0.4 is 9.62 Å². The molecule has 8 heteroatoms. The highest BCUT2D eigenvalue weighted by Gasteiger charge is 2.36. The third-order valence-electron chi connectivity index (χ3n) is 3.40. The average Bonchev–Trinajstić information content (AvgIpc) is 2.52. The molecule has 130 valence electrons. The van der Waals surface area contributed by atoms with E-state index >= 15 is 0 Å². The summed E-state index contributed by atoms with van der Waals surface area (Å²) >= 11 is 0. The highest BCUT2D eigenvalue weighted by atomic mass is 32.2. The molecule has 0 radical (unpaired) electrons. The minimum atomic E-state index is -4.74. The molecule has 2 aromatic rings. The van der Waals surface area contributed by atoms with Gasteiger partial charge in [-0.15, -0.1) is 0 Å². The Morgan fingerprint density at radius 1 is 1.00 bits per heavy atom. The van der Waals surface area contributed by atoms with Gasteiger partial charge in [0, 0.05) is 26.3 Å². The average molecular weight is 358 g/mol. The first-order valence-corrected chi connectivity index (χ1v) is 8.52. The molecule has 0 saturated heterocycles. The van der Waals surface area contributed by atoms with E-state index in [9.17, 15) is 21.6 Å². The molecule has 2 aromatic carbocycles. The first-order chi connectivity index (χ1) is 11.1. The molecule has 0 spiro atoms. The Balaban J connectivity index is 2.21. The zero-order chi connectivity index (χ0) is 18.0. The summed E-state index contributed by atoms with van der Waals surface area (Å²) < 4.78 is 65.6. The fourth-order valence-electron chi connectivity index (χ4n) is 2.10. The maximum Gasteiger partial charge on any atom is 0.417 e. The van der Waals surface area contributed by atoms with Crippen molar-refractivity contribution in [3.63, 3.8) is 0 Å². The van der Waals surface area contributed by atoms with Crippen LogP contribution in [0.1, 0.15) is 11.1 Å². The summed E-state index contributed by atoms with van der Waals surface area (Å²) in [5, 5.41) is 0. The topological polar surface area (TPSA) is 49.4 Å². The van der Waals surface area contributed by atoms with Crippen LogP contribution in [0.15, 0.2) is 53.4 Å². The number of benzene rings is 2. The second-order valence-electron chi connectivity index (χ2n) is 5.38. The van der Waals surface area contributed by atoms with Crippen molar-refractivity contribution in [2.45, 2.75) is 17.6 Å². The SMILES string of the molecule is CN(C)c1ccc(CNS(=O)(=O)c2ccccc2C(F)(F)F)cc1. The fraction of sp³-hybridized carbons (Fsp3) is 0.250. The Kier molecular flexibility index (Phi) is 5.19. The van der Waals surface area contributed by atoms with E-state index < -0.39 is 26.7 Å². The van der Waals surface area contributed by atoms with Crippen LogP contribution in [0, 0.1) is 0 Å². The number of alkyl halides is 3. The van der Waals surface area contributed by atoms with Gasteiger partial charge in [-0.1, -0.05) is 24.3 Å². The fourth-order valence-corrected chi connectivity index (χ4v) is 3.35. The molecule has 0 aliphatic carbocycles. The minimum absolute atomic E-state index is 0.0950. The van der Waals surface area contributed by atoms with Crippen molar-refractivity contribution in [1.82, 2.24) is 4.72 Å². The van der Waals surface area contributed by atoms with Gasteiger partial charge in [0.15, 0.2) is 0 Å². The van der Waals surface area contributed by atoms with Crippen molar-refractivity contribution in [3.8, 4) is 0 Å². The predicted molar refractivity (Wildman–Crippen MR) is 86.2 cm³/mol. The van der Waals surface area contributed by atoms with Gasteiger partial charge in [-0.3, -0.25) is 0 Å². The summed E-state index contributed by atoms with van der Waals surface area (Å²) in [4.78, 5) is 1.11. The molecule has 0 aliphatic heterocycles. The molecule has 24 heavy (non-hydrogen) atoms. The zero-order valence-corrected chi connectivity index (χ0v) is 13.9. The molecule has 2 rings (SSSR count). The van der Waals surface area contributed by atoms with E-state index in [1.54, 1.807) is 24.3 Å². The number of anilines is 1. The third-order valence-corrected chi connectivity index (χ3v) is 4.86. The van der Waals surface area contributed by atoms with Gasteiger partial charge in [0.2, 0.25) is 10.0 Å². The van der Waals surface area contributed by atoms with Gasteiger partial charge in [-0.05, 0) is 29.8 Å². The summed E-state index contributed by atoms with van der Waals surface area (Å²) in [7, 11) is -0.545. The van der Waals surface area contributed by atoms with Crippen LogP contribution in [0.2, 0.25) is 0 Å². The van der Waals surface area contributed by atoms with Crippen LogP contribution in [-0.4, -0.2) is 22.5 Å². The number of hydrogen-bond acceptors (Lipinski definition) is 3. The van der Waals surface area contributed by atoms with Gasteiger partial charge in [0.1, 0.15) is 0 Å². The Morgan fingerprint density at radius 2 is 1.58 bits per heavy atom. The number of nitrogens with zero attached hydrogens (tertiary/aromatic N) is 1. The van der Waals surface area contributed by atoms with Gasteiger partial charge < -0.3 is 4.90 Å². The molecule has 0 saturated carbocycles. The van der Waals surface area contributed by atoms with Gasteiger partial charge in [-0.25, -0.2) is 13.1 Å². The summed E-state index contributed by atoms with van der Waals surface area (Å²) in [6, 6.07) is 11.1. The second-order valence-corrected chi connectivity index (χ2v) is 7.11. The highest BCUT2D eigenvalue weighted by Crippen LogP contribution is 2.33. The lowest BCUT2D eigenvalue weighted by Gasteiger charge is -2.15. The van der Waals surface area contributed by atoms with E-state index in [0.29, 0.717) is 5.56 Å². The quantitative estimate of drug-likeness (QED) is 0.893. The van der Waals surface area contributed by atoms with Crippen LogP contribution >= 0.6 is 0 Å². The van der Waals surface area contributed by atoms with Crippen molar-refractivity contribution < 1.29 is 21.6 Å². The van der Waals surface area contributed by atoms with E-state index in [2.05, 4.69) is 4.72 Å². The summed E-state index contributed by atoms with van der Waals surface area (Å²) in [5.41, 5.74) is 0.401. The lowest BCUT2D eigenvalue weighted by molar-refractivity contribution is -0.139. The smallest absolute Gasteiger partial charge is 0.378 e. The van der Waals surface area contributed by atoms with Gasteiger partial charge in [-0.2, -0.15) is 13.2 Å². The maximum atomic E-state index is 13.0. The molecule has 4 nitrogen and oxygen atoms in total. The first-order valence-electron chi connectivity index (χ1n) is 7.03. The number of halogens is 3. The summed E-state index contributed by atoms with van der Waals surface area (Å²) in [6.07, 6.45) is -4.74. The largest absolute Gasteiger partial charge is 0.417 e. The molecule has 0 aromatic heterocycles. The van der Waals surface area contributed by atoms with Crippen molar-refractivity contribution in [1.29, 1.82) is 0 Å². The van der Waals surface area contributed by atoms with Crippen LogP contribution in [-0.2, 0) is 22.7 Å². The lowest BCUT2D eigenvalue weighted by atomic mass is 10.2. The second kappa shape index (κ2) is 6.82. The Hall–Kier alpha value is -2.06. The predicted octanol–water partition coefficient (Wildman–Crippen LogP) is 3.25. The molecule has 0 fully saturated rings. The number of hydrogen-bond donors (Lipinski definition) is 1. The first kappa shape index (κ1) is 18.3. The van der Waals surface area contributed by atoms with Crippen LogP contribution in [0.3, 0.4) is 0 Å². The van der Waals surface area contributed by atoms with Crippen LogP contribution in [0.4, 0.5) is 18.9 Å². The molecule has 0 bridgehead atoms. The Bertz CT molecular complexity index is 801. The molecular formula is C16H17F3N2O2S. The van der Waals surface area contributed by atoms with Crippen molar-refractivity contribution in [2.24, 2.45) is 0 Å². The van der Waals surface area contributed by atoms with Crippen LogP contribution in [0.25, 0.3) is 0 Å². The standard InChI is InChI=1S/C16H17F3N2O2S/c1-21(2)13-9-7-12(8-10-13)11-20-24(22,23)15-6-4-3-5-14(15)16(17,18)19/h3-10,20H,11H2,1-2H3. The maximum absolute atomic E-state index is 13.0. The van der Waals surface area contributed by atoms with E-state index in [1.807, 2.05) is 19.0 Å². The Morgan fingerprint density at radius 3 is 2.12 bits per heavy atom. The monoisotopic (exact) mass is 358 g/mol. The number of sulfonamides is 1. The molecule has 1 N–H and O–H groups in total. The molecule has 0 heterocycles. The van der Waals surface area contributed by atoms with Crippen molar-refractivity contribution in [2.75, 3.05) is 19.0 Å². The van der Waals surface area contributed by atoms with E-state index in [4.69, 9.17) is 0 Å². The van der Waals surface area contributed by atoms with E-state index in [-0.39, 0.29) is 6.54 Å². The molecule has 0 amide bonds. The van der Waals surface area contributed by atoms with Crippen molar-refractivity contribution in [3.05, 3.63) is 59.7 Å². The van der Waals surface area contributed by atoms with Gasteiger partial charge >= 0.3 is 6.18 Å². The summed E-state index contributed by atoms with van der Waals surface area (Å²) in [6.45, 7) is -0.0950. The molecule has 0 unspecified atom stereocenters. The zero-order valence-electron chi connectivity index (χ0n) is 13.1. The molecular weight excluding hydrogens is 341 g/mol. The number of rotatable bonds is 5. The normalized spacial score (nSPS) is 12.2. The van der Waals surface area contributed by atoms with Gasteiger partial charge in [0.25, 0.3) is 0 Å². The minimum Gasteiger partial charge on any atom is -0.378 e. The van der Waals surface area contributed by atoms with E-state index in [0.717, 1.165) is 23.9 Å². The lowest BCUT2D eigenvalue weighted by Crippen LogP contribution is -2.26. The Labute approximate surface area is 139 Å². The number of nitrogens with one attached hydrogen (secondary N) is 1. The molecule has 0 atom stereocenters.